The number of carbonyl (C=O) groups is 1. The Morgan fingerprint density at radius 2 is 2.10 bits per heavy atom. The zero-order chi connectivity index (χ0) is 14.4. The molecule has 0 radical (unpaired) electrons. The fourth-order valence-electron chi connectivity index (χ4n) is 2.73. The molecule has 20 heavy (non-hydrogen) atoms. The van der Waals surface area contributed by atoms with Gasteiger partial charge in [-0.3, -0.25) is 4.79 Å². The van der Waals surface area contributed by atoms with Crippen LogP contribution in [0.3, 0.4) is 0 Å². The first-order chi connectivity index (χ1) is 9.67. The topological polar surface area (TPSA) is 64.3 Å². The van der Waals surface area contributed by atoms with Crippen LogP contribution in [0.15, 0.2) is 24.3 Å². The number of ether oxygens (including phenoxy) is 1. The van der Waals surface area contributed by atoms with Gasteiger partial charge in [0.2, 0.25) is 5.91 Å². The van der Waals surface area contributed by atoms with Gasteiger partial charge in [-0.1, -0.05) is 13.3 Å². The third-order valence-electron chi connectivity index (χ3n) is 3.96. The molecule has 0 aromatic heterocycles. The van der Waals surface area contributed by atoms with Crippen LogP contribution in [0.2, 0.25) is 0 Å². The zero-order valence-corrected chi connectivity index (χ0v) is 12.1. The highest BCUT2D eigenvalue weighted by Gasteiger charge is 2.22. The normalized spacial score (nSPS) is 21.6. The van der Waals surface area contributed by atoms with Gasteiger partial charge in [-0.25, -0.2) is 0 Å². The first-order valence-corrected chi connectivity index (χ1v) is 7.45. The average Bonchev–Trinajstić information content (AvgIpc) is 2.88. The van der Waals surface area contributed by atoms with Gasteiger partial charge in [-0.05, 0) is 49.4 Å². The Morgan fingerprint density at radius 3 is 2.70 bits per heavy atom. The van der Waals surface area contributed by atoms with Crippen molar-refractivity contribution in [1.29, 1.82) is 0 Å². The Balaban J connectivity index is 1.78. The summed E-state index contributed by atoms with van der Waals surface area (Å²) >= 11 is 0. The molecule has 3 N–H and O–H groups in total. The molecule has 1 aliphatic carbocycles. The molecule has 1 amide bonds. The molecule has 1 fully saturated rings. The predicted molar refractivity (Wildman–Crippen MR) is 80.8 cm³/mol. The summed E-state index contributed by atoms with van der Waals surface area (Å²) in [5.41, 5.74) is 6.20. The van der Waals surface area contributed by atoms with Crippen LogP contribution in [0, 0.1) is 5.92 Å². The fraction of sp³-hybridized carbons (Fsp3) is 0.562. The Bertz CT molecular complexity index is 431. The molecular formula is C16H24N2O2. The number of nitrogens with one attached hydrogen (secondary N) is 1. The first-order valence-electron chi connectivity index (χ1n) is 7.45. The lowest BCUT2D eigenvalue weighted by molar-refractivity contribution is -0.118. The van der Waals surface area contributed by atoms with Crippen LogP contribution in [0.25, 0.3) is 0 Å². The molecule has 0 aliphatic heterocycles. The molecule has 4 nitrogen and oxygen atoms in total. The van der Waals surface area contributed by atoms with Gasteiger partial charge in [0.1, 0.15) is 5.75 Å². The second kappa shape index (κ2) is 7.17. The van der Waals surface area contributed by atoms with E-state index in [9.17, 15) is 4.79 Å². The second-order valence-electron chi connectivity index (χ2n) is 5.52. The third kappa shape index (κ3) is 4.44. The summed E-state index contributed by atoms with van der Waals surface area (Å²) in [7, 11) is 0. The van der Waals surface area contributed by atoms with Crippen LogP contribution >= 0.6 is 0 Å². The summed E-state index contributed by atoms with van der Waals surface area (Å²) in [4.78, 5) is 10.6. The monoisotopic (exact) mass is 276 g/mol. The quantitative estimate of drug-likeness (QED) is 0.804. The SMILES string of the molecule is CCC1CCC(Nc2ccc(OCCC(N)=O)cc2)C1. The summed E-state index contributed by atoms with van der Waals surface area (Å²) in [5, 5.41) is 3.58. The molecule has 1 aromatic carbocycles. The minimum atomic E-state index is -0.338. The highest BCUT2D eigenvalue weighted by atomic mass is 16.5. The number of hydrogen-bond acceptors (Lipinski definition) is 3. The standard InChI is InChI=1S/C16H24N2O2/c1-2-12-3-4-14(11-12)18-13-5-7-15(8-6-13)20-10-9-16(17)19/h5-8,12,14,18H,2-4,9-11H2,1H3,(H2,17,19). The van der Waals surface area contributed by atoms with Crippen molar-refractivity contribution in [1.82, 2.24) is 0 Å². The lowest BCUT2D eigenvalue weighted by Crippen LogP contribution is -2.15. The maximum absolute atomic E-state index is 10.6. The van der Waals surface area contributed by atoms with E-state index in [1.54, 1.807) is 0 Å². The minimum absolute atomic E-state index is 0.250. The maximum Gasteiger partial charge on any atom is 0.220 e. The van der Waals surface area contributed by atoms with Crippen LogP contribution < -0.4 is 15.8 Å². The van der Waals surface area contributed by atoms with Crippen LogP contribution in [-0.4, -0.2) is 18.6 Å². The number of anilines is 1. The maximum atomic E-state index is 10.6. The van der Waals surface area contributed by atoms with Crippen LogP contribution in [-0.2, 0) is 4.79 Å². The molecule has 2 atom stereocenters. The minimum Gasteiger partial charge on any atom is -0.493 e. The number of carbonyl (C=O) groups excluding carboxylic acids is 1. The molecule has 1 saturated carbocycles. The largest absolute Gasteiger partial charge is 0.493 e. The van der Waals surface area contributed by atoms with E-state index in [0.29, 0.717) is 12.6 Å². The van der Waals surface area contributed by atoms with Gasteiger partial charge in [0.25, 0.3) is 0 Å². The van der Waals surface area contributed by atoms with E-state index in [-0.39, 0.29) is 12.3 Å². The molecule has 1 aromatic rings. The first kappa shape index (κ1) is 14.7. The van der Waals surface area contributed by atoms with E-state index in [1.807, 2.05) is 24.3 Å². The Kier molecular flexibility index (Phi) is 5.27. The van der Waals surface area contributed by atoms with Crippen LogP contribution in [0.1, 0.15) is 39.0 Å². The Hall–Kier alpha value is -1.71. The van der Waals surface area contributed by atoms with Crippen molar-refractivity contribution in [3.05, 3.63) is 24.3 Å². The summed E-state index contributed by atoms with van der Waals surface area (Å²) in [5.74, 6) is 1.31. The molecule has 2 rings (SSSR count). The molecule has 0 heterocycles. The highest BCUT2D eigenvalue weighted by molar-refractivity contribution is 5.73. The van der Waals surface area contributed by atoms with Gasteiger partial charge in [-0.2, -0.15) is 0 Å². The van der Waals surface area contributed by atoms with Crippen molar-refractivity contribution < 1.29 is 9.53 Å². The molecule has 0 bridgehead atoms. The second-order valence-corrected chi connectivity index (χ2v) is 5.52. The number of nitrogens with two attached hydrogens (primary N) is 1. The summed E-state index contributed by atoms with van der Waals surface area (Å²) in [6, 6.07) is 8.50. The Morgan fingerprint density at radius 1 is 1.35 bits per heavy atom. The van der Waals surface area contributed by atoms with E-state index in [2.05, 4.69) is 12.2 Å². The number of benzene rings is 1. The highest BCUT2D eigenvalue weighted by Crippen LogP contribution is 2.30. The molecule has 0 saturated heterocycles. The van der Waals surface area contributed by atoms with Crippen molar-refractivity contribution >= 4 is 11.6 Å². The number of amides is 1. The van der Waals surface area contributed by atoms with Gasteiger partial charge in [-0.15, -0.1) is 0 Å². The molecule has 0 spiro atoms. The van der Waals surface area contributed by atoms with Crippen LogP contribution in [0.4, 0.5) is 5.69 Å². The zero-order valence-electron chi connectivity index (χ0n) is 12.1. The van der Waals surface area contributed by atoms with Crippen molar-refractivity contribution in [2.24, 2.45) is 11.7 Å². The van der Waals surface area contributed by atoms with E-state index in [1.165, 1.54) is 25.7 Å². The van der Waals surface area contributed by atoms with Crippen molar-refractivity contribution in [3.63, 3.8) is 0 Å². The fourth-order valence-corrected chi connectivity index (χ4v) is 2.73. The lowest BCUT2D eigenvalue weighted by Gasteiger charge is -2.15. The van der Waals surface area contributed by atoms with Gasteiger partial charge in [0, 0.05) is 11.7 Å². The summed E-state index contributed by atoms with van der Waals surface area (Å²) < 4.78 is 5.45. The van der Waals surface area contributed by atoms with Crippen LogP contribution in [0.5, 0.6) is 5.75 Å². The Labute approximate surface area is 120 Å². The third-order valence-corrected chi connectivity index (χ3v) is 3.96. The smallest absolute Gasteiger partial charge is 0.220 e. The van der Waals surface area contributed by atoms with Gasteiger partial charge in [0.05, 0.1) is 13.0 Å². The van der Waals surface area contributed by atoms with Crippen molar-refractivity contribution in [2.75, 3.05) is 11.9 Å². The molecule has 1 aliphatic rings. The van der Waals surface area contributed by atoms with E-state index in [4.69, 9.17) is 10.5 Å². The van der Waals surface area contributed by atoms with E-state index in [0.717, 1.165) is 17.4 Å². The molecule has 110 valence electrons. The van der Waals surface area contributed by atoms with E-state index < -0.39 is 0 Å². The van der Waals surface area contributed by atoms with Crippen molar-refractivity contribution in [2.45, 2.75) is 45.1 Å². The van der Waals surface area contributed by atoms with Gasteiger partial charge < -0.3 is 15.8 Å². The lowest BCUT2D eigenvalue weighted by atomic mass is 10.1. The number of primary amides is 1. The molecule has 2 unspecified atom stereocenters. The van der Waals surface area contributed by atoms with E-state index >= 15 is 0 Å². The van der Waals surface area contributed by atoms with Gasteiger partial charge >= 0.3 is 0 Å². The number of hydrogen-bond donors (Lipinski definition) is 2. The predicted octanol–water partition coefficient (Wildman–Crippen LogP) is 2.93. The average molecular weight is 276 g/mol. The molecular weight excluding hydrogens is 252 g/mol. The van der Waals surface area contributed by atoms with Gasteiger partial charge in [0.15, 0.2) is 0 Å². The summed E-state index contributed by atoms with van der Waals surface area (Å²) in [6.45, 7) is 2.61. The molecule has 4 heteroatoms. The summed E-state index contributed by atoms with van der Waals surface area (Å²) in [6.07, 6.45) is 5.40. The van der Waals surface area contributed by atoms with Crippen molar-refractivity contribution in [3.8, 4) is 5.75 Å². The number of rotatable bonds is 7.